The predicted molar refractivity (Wildman–Crippen MR) is 51.6 cm³/mol. The number of ether oxygens (including phenoxy) is 1. The van der Waals surface area contributed by atoms with Gasteiger partial charge in [-0.2, -0.15) is 0 Å². The summed E-state index contributed by atoms with van der Waals surface area (Å²) in [6.45, 7) is -2.82. The van der Waals surface area contributed by atoms with E-state index in [0.717, 1.165) is 3.84 Å². The minimum atomic E-state index is -2.82. The van der Waals surface area contributed by atoms with Crippen LogP contribution in [0.5, 0.6) is 5.75 Å². The summed E-state index contributed by atoms with van der Waals surface area (Å²) in [4.78, 5) is 14.5. The van der Waals surface area contributed by atoms with Crippen molar-refractivity contribution in [2.24, 2.45) is 0 Å². The molecular formula is C8H12F2N2OSn. The number of hydrogen-bond donors (Lipinski definition) is 0. The summed E-state index contributed by atoms with van der Waals surface area (Å²) < 4.78 is 28.5. The Hall–Kier alpha value is -0.461. The van der Waals surface area contributed by atoms with Crippen LogP contribution < -0.4 is 8.58 Å². The minimum absolute atomic E-state index is 0.0132. The fraction of sp³-hybridized carbons (Fsp3) is 0.500. The monoisotopic (exact) mass is 310 g/mol. The van der Waals surface area contributed by atoms with Gasteiger partial charge in [0, 0.05) is 0 Å². The number of rotatable bonds is 3. The van der Waals surface area contributed by atoms with Crippen molar-refractivity contribution in [3.8, 4) is 5.75 Å². The maximum absolute atomic E-state index is 11.8. The van der Waals surface area contributed by atoms with Gasteiger partial charge >= 0.3 is 85.3 Å². The van der Waals surface area contributed by atoms with Crippen molar-refractivity contribution in [1.29, 1.82) is 0 Å². The van der Waals surface area contributed by atoms with Crippen molar-refractivity contribution in [2.75, 3.05) is 0 Å². The van der Waals surface area contributed by atoms with Crippen LogP contribution in [0.4, 0.5) is 8.78 Å². The van der Waals surface area contributed by atoms with E-state index in [0.29, 0.717) is 0 Å². The van der Waals surface area contributed by atoms with Gasteiger partial charge in [0.15, 0.2) is 0 Å². The van der Waals surface area contributed by atoms with Gasteiger partial charge in [0.05, 0.1) is 0 Å². The molecule has 1 aromatic rings. The van der Waals surface area contributed by atoms with Crippen molar-refractivity contribution in [3.63, 3.8) is 0 Å². The number of hydrogen-bond acceptors (Lipinski definition) is 3. The second kappa shape index (κ2) is 4.37. The summed E-state index contributed by atoms with van der Waals surface area (Å²) in [5.74, 6) is 0.0132. The zero-order chi connectivity index (χ0) is 10.8. The second-order valence-corrected chi connectivity index (χ2v) is 18.0. The van der Waals surface area contributed by atoms with Gasteiger partial charge in [0.2, 0.25) is 0 Å². The SMILES string of the molecule is [CH3][Sn]([CH3])([CH3])[c]1ncc(OC(F)F)cn1. The first kappa shape index (κ1) is 11.6. The Morgan fingerprint density at radius 2 is 1.71 bits per heavy atom. The molecule has 0 fully saturated rings. The number of alkyl halides is 2. The Balaban J connectivity index is 2.79. The van der Waals surface area contributed by atoms with E-state index in [4.69, 9.17) is 0 Å². The first-order valence-electron chi connectivity index (χ1n) is 4.17. The molecule has 14 heavy (non-hydrogen) atoms. The van der Waals surface area contributed by atoms with Gasteiger partial charge in [-0.25, -0.2) is 0 Å². The zero-order valence-corrected chi connectivity index (χ0v) is 11.1. The average Bonchev–Trinajstić information content (AvgIpc) is 2.02. The van der Waals surface area contributed by atoms with Crippen LogP contribution in [0.2, 0.25) is 14.8 Å². The Morgan fingerprint density at radius 3 is 2.07 bits per heavy atom. The predicted octanol–water partition coefficient (Wildman–Crippen LogP) is 1.62. The second-order valence-electron chi connectivity index (χ2n) is 3.87. The van der Waals surface area contributed by atoms with Crippen LogP contribution in [0.15, 0.2) is 12.4 Å². The van der Waals surface area contributed by atoms with Crippen molar-refractivity contribution >= 4 is 22.2 Å². The van der Waals surface area contributed by atoms with Gasteiger partial charge in [-0.05, 0) is 0 Å². The summed E-state index contributed by atoms with van der Waals surface area (Å²) in [7, 11) is 0. The summed E-state index contributed by atoms with van der Waals surface area (Å²) in [6, 6.07) is 0. The molecule has 0 radical (unpaired) electrons. The van der Waals surface area contributed by atoms with Crippen LogP contribution in [-0.4, -0.2) is 35.0 Å². The normalized spacial score (nSPS) is 11.9. The number of aromatic nitrogens is 2. The third-order valence-corrected chi connectivity index (χ3v) is 6.09. The molecule has 0 spiro atoms. The zero-order valence-electron chi connectivity index (χ0n) is 8.29. The first-order valence-corrected chi connectivity index (χ1v) is 14.2. The molecule has 0 N–H and O–H groups in total. The fourth-order valence-electron chi connectivity index (χ4n) is 0.867. The number of nitrogens with zero attached hydrogens (tertiary/aromatic N) is 2. The van der Waals surface area contributed by atoms with E-state index in [-0.39, 0.29) is 5.75 Å². The fourth-order valence-corrected chi connectivity index (χ4v) is 3.45. The number of halogens is 2. The Morgan fingerprint density at radius 1 is 1.21 bits per heavy atom. The van der Waals surface area contributed by atoms with Crippen LogP contribution in [0, 0.1) is 0 Å². The standard InChI is InChI=1S/C5H3F2N2O.3CH3.Sn/c6-5(7)10-4-1-8-3-9-2-4;;;;/h1-2,5H;3*1H3;. The van der Waals surface area contributed by atoms with Crippen molar-refractivity contribution in [2.45, 2.75) is 21.4 Å². The van der Waals surface area contributed by atoms with E-state index in [1.165, 1.54) is 12.4 Å². The van der Waals surface area contributed by atoms with E-state index >= 15 is 0 Å². The molecule has 0 bridgehead atoms. The van der Waals surface area contributed by atoms with Crippen LogP contribution in [0.25, 0.3) is 0 Å². The van der Waals surface area contributed by atoms with Crippen LogP contribution >= 0.6 is 0 Å². The summed E-state index contributed by atoms with van der Waals surface area (Å²) >= 11 is -2.26. The Kier molecular flexibility index (Phi) is 3.63. The molecule has 3 nitrogen and oxygen atoms in total. The quantitative estimate of drug-likeness (QED) is 0.796. The summed E-state index contributed by atoms with van der Waals surface area (Å²) in [6.07, 6.45) is 2.60. The third kappa shape index (κ3) is 3.36. The Labute approximate surface area is 85.4 Å². The van der Waals surface area contributed by atoms with Gasteiger partial charge in [0.25, 0.3) is 0 Å². The maximum atomic E-state index is 11.8. The molecule has 0 aliphatic carbocycles. The van der Waals surface area contributed by atoms with E-state index < -0.39 is 25.0 Å². The molecule has 6 heteroatoms. The van der Waals surface area contributed by atoms with Crippen LogP contribution in [-0.2, 0) is 0 Å². The molecule has 0 aliphatic heterocycles. The topological polar surface area (TPSA) is 35.0 Å². The molecule has 1 rings (SSSR count). The molecule has 0 unspecified atom stereocenters. The molecule has 0 saturated heterocycles. The van der Waals surface area contributed by atoms with Crippen molar-refractivity contribution in [1.82, 2.24) is 9.97 Å². The van der Waals surface area contributed by atoms with Crippen LogP contribution in [0.1, 0.15) is 0 Å². The van der Waals surface area contributed by atoms with Crippen molar-refractivity contribution < 1.29 is 13.5 Å². The Bertz CT molecular complexity index is 297. The molecule has 0 aliphatic rings. The van der Waals surface area contributed by atoms with Gasteiger partial charge in [-0.1, -0.05) is 0 Å². The van der Waals surface area contributed by atoms with Crippen LogP contribution in [0.3, 0.4) is 0 Å². The molecule has 0 aromatic carbocycles. The van der Waals surface area contributed by atoms with Gasteiger partial charge in [0.1, 0.15) is 0 Å². The first-order chi connectivity index (χ1) is 6.39. The van der Waals surface area contributed by atoms with Gasteiger partial charge < -0.3 is 0 Å². The van der Waals surface area contributed by atoms with E-state index in [1.807, 2.05) is 0 Å². The van der Waals surface area contributed by atoms with E-state index in [1.54, 1.807) is 0 Å². The van der Waals surface area contributed by atoms with Gasteiger partial charge in [-0.15, -0.1) is 0 Å². The van der Waals surface area contributed by atoms with Crippen molar-refractivity contribution in [3.05, 3.63) is 12.4 Å². The third-order valence-electron chi connectivity index (χ3n) is 1.52. The molecular weight excluding hydrogens is 297 g/mol. The van der Waals surface area contributed by atoms with E-state index in [2.05, 4.69) is 29.5 Å². The molecule has 0 saturated carbocycles. The van der Waals surface area contributed by atoms with E-state index in [9.17, 15) is 8.78 Å². The molecule has 1 heterocycles. The summed E-state index contributed by atoms with van der Waals surface area (Å²) in [5, 5.41) is 0. The van der Waals surface area contributed by atoms with Gasteiger partial charge in [-0.3, -0.25) is 0 Å². The molecule has 78 valence electrons. The average molecular weight is 309 g/mol. The molecule has 0 atom stereocenters. The molecule has 0 amide bonds. The molecule has 1 aromatic heterocycles. The summed E-state index contributed by atoms with van der Waals surface area (Å²) in [5.41, 5.74) is 0.